The molecule has 12 nitrogen and oxygen atoms in total. The molecule has 0 radical (unpaired) electrons. The van der Waals surface area contributed by atoms with Crippen LogP contribution in [-0.2, 0) is 25.6 Å². The van der Waals surface area contributed by atoms with E-state index in [2.05, 4.69) is 20.9 Å². The van der Waals surface area contributed by atoms with E-state index < -0.39 is 53.8 Å². The van der Waals surface area contributed by atoms with Crippen LogP contribution in [0.25, 0.3) is 0 Å². The lowest BCUT2D eigenvalue weighted by atomic mass is 9.97. The van der Waals surface area contributed by atoms with Crippen LogP contribution in [0.4, 0.5) is 0 Å². The summed E-state index contributed by atoms with van der Waals surface area (Å²) >= 11 is 0. The Morgan fingerprint density at radius 2 is 1.83 bits per heavy atom. The fraction of sp³-hybridized carbons (Fsp3) is 0.483. The van der Waals surface area contributed by atoms with Crippen molar-refractivity contribution in [3.05, 3.63) is 59.9 Å². The lowest BCUT2D eigenvalue weighted by Gasteiger charge is -2.32. The average molecular weight is 567 g/mol. The van der Waals surface area contributed by atoms with Gasteiger partial charge in [0.1, 0.15) is 18.1 Å². The second-order valence-electron chi connectivity index (χ2n) is 10.7. The molecule has 2 saturated heterocycles. The molecule has 41 heavy (non-hydrogen) atoms. The van der Waals surface area contributed by atoms with Crippen LogP contribution in [0.5, 0.6) is 0 Å². The van der Waals surface area contributed by atoms with Crippen molar-refractivity contribution in [2.45, 2.75) is 57.3 Å². The minimum atomic E-state index is -1.01. The first-order valence-corrected chi connectivity index (χ1v) is 14.0. The molecule has 1 aromatic carbocycles. The summed E-state index contributed by atoms with van der Waals surface area (Å²) in [5, 5.41) is 18.8. The molecule has 2 fully saturated rings. The van der Waals surface area contributed by atoms with Crippen molar-refractivity contribution in [1.29, 1.82) is 0 Å². The van der Waals surface area contributed by atoms with Gasteiger partial charge >= 0.3 is 0 Å². The molecule has 12 heteroatoms. The topological polar surface area (TPSA) is 164 Å². The van der Waals surface area contributed by atoms with Crippen molar-refractivity contribution >= 4 is 29.5 Å². The van der Waals surface area contributed by atoms with Crippen LogP contribution in [0.1, 0.15) is 42.6 Å². The van der Waals surface area contributed by atoms with Crippen LogP contribution in [0.2, 0.25) is 0 Å². The summed E-state index contributed by atoms with van der Waals surface area (Å²) in [5.74, 6) is -2.76. The van der Waals surface area contributed by atoms with Gasteiger partial charge in [-0.05, 0) is 17.5 Å². The predicted molar refractivity (Wildman–Crippen MR) is 149 cm³/mol. The highest BCUT2D eigenvalue weighted by atomic mass is 16.3. The van der Waals surface area contributed by atoms with E-state index in [4.69, 9.17) is 0 Å². The number of nitrogens with zero attached hydrogens (tertiary/aromatic N) is 2. The van der Waals surface area contributed by atoms with Crippen molar-refractivity contribution < 1.29 is 29.1 Å². The zero-order valence-corrected chi connectivity index (χ0v) is 23.3. The summed E-state index contributed by atoms with van der Waals surface area (Å²) in [7, 11) is 0. The average Bonchev–Trinajstić information content (AvgIpc) is 3.64. The summed E-state index contributed by atoms with van der Waals surface area (Å²) in [6.45, 7) is 3.35. The van der Waals surface area contributed by atoms with Gasteiger partial charge in [0.05, 0.1) is 18.2 Å². The molecule has 4 rings (SSSR count). The quantitative estimate of drug-likeness (QED) is 0.337. The Hall–Kier alpha value is -4.19. The highest BCUT2D eigenvalue weighted by Crippen LogP contribution is 2.22. The molecule has 5 atom stereocenters. The molecular weight excluding hydrogens is 528 g/mol. The molecule has 2 aromatic rings. The number of aliphatic hydroxyl groups excluding tert-OH is 1. The van der Waals surface area contributed by atoms with E-state index in [9.17, 15) is 29.1 Å². The normalized spacial score (nSPS) is 25.3. The van der Waals surface area contributed by atoms with Crippen LogP contribution in [-0.4, -0.2) is 99.8 Å². The summed E-state index contributed by atoms with van der Waals surface area (Å²) in [6, 6.07) is 7.84. The van der Waals surface area contributed by atoms with Gasteiger partial charge < -0.3 is 35.8 Å². The molecule has 5 N–H and O–H groups in total. The van der Waals surface area contributed by atoms with Gasteiger partial charge in [0, 0.05) is 44.9 Å². The maximum atomic E-state index is 13.8. The number of hydrogen-bond acceptors (Lipinski definition) is 6. The number of nitrogens with one attached hydrogen (secondary N) is 4. The summed E-state index contributed by atoms with van der Waals surface area (Å²) < 4.78 is 0. The molecule has 2 aliphatic heterocycles. The van der Waals surface area contributed by atoms with Crippen molar-refractivity contribution in [2.24, 2.45) is 5.92 Å². The van der Waals surface area contributed by atoms with Crippen LogP contribution in [0.15, 0.2) is 48.8 Å². The number of aliphatic hydroxyl groups is 1. The number of rotatable bonds is 5. The van der Waals surface area contributed by atoms with Gasteiger partial charge in [-0.2, -0.15) is 0 Å². The molecule has 220 valence electrons. The molecule has 0 unspecified atom stereocenters. The zero-order valence-electron chi connectivity index (χ0n) is 23.3. The molecular formula is C29H38N6O6. The SMILES string of the molecule is CC[C@H](C)[C@@H]1NC(=O)CN(C(=O)c2cc[nH]c2)CCNC(=O)[C@H](Cc2ccccc2)NC(=O)[C@@H]2C[C@@H](O)CN2C1=O. The Balaban J connectivity index is 1.67. The molecule has 3 heterocycles. The number of aromatic nitrogens is 1. The van der Waals surface area contributed by atoms with Gasteiger partial charge in [0.15, 0.2) is 0 Å². The predicted octanol–water partition coefficient (Wildman–Crippen LogP) is -0.193. The maximum absolute atomic E-state index is 13.8. The minimum Gasteiger partial charge on any atom is -0.391 e. The Morgan fingerprint density at radius 1 is 1.07 bits per heavy atom. The van der Waals surface area contributed by atoms with Gasteiger partial charge in [-0.1, -0.05) is 50.6 Å². The monoisotopic (exact) mass is 566 g/mol. The zero-order chi connectivity index (χ0) is 29.5. The van der Waals surface area contributed by atoms with E-state index >= 15 is 0 Å². The summed E-state index contributed by atoms with van der Waals surface area (Å²) in [6.07, 6.45) is 2.95. The van der Waals surface area contributed by atoms with Crippen LogP contribution in [0, 0.1) is 5.92 Å². The van der Waals surface area contributed by atoms with Gasteiger partial charge in [-0.3, -0.25) is 24.0 Å². The third-order valence-corrected chi connectivity index (χ3v) is 7.72. The second-order valence-corrected chi connectivity index (χ2v) is 10.7. The summed E-state index contributed by atoms with van der Waals surface area (Å²) in [5.41, 5.74) is 1.17. The van der Waals surface area contributed by atoms with Crippen molar-refractivity contribution in [3.8, 4) is 0 Å². The smallest absolute Gasteiger partial charge is 0.255 e. The number of amides is 5. The number of hydrogen-bond donors (Lipinski definition) is 5. The molecule has 0 spiro atoms. The van der Waals surface area contributed by atoms with Crippen LogP contribution in [0.3, 0.4) is 0 Å². The van der Waals surface area contributed by atoms with Crippen molar-refractivity contribution in [3.63, 3.8) is 0 Å². The third kappa shape index (κ3) is 7.31. The van der Waals surface area contributed by atoms with E-state index in [-0.39, 0.29) is 44.9 Å². The first-order valence-electron chi connectivity index (χ1n) is 14.0. The Labute approximate surface area is 238 Å². The minimum absolute atomic E-state index is 0.0113. The molecule has 0 bridgehead atoms. The lowest BCUT2D eigenvalue weighted by Crippen LogP contribution is -2.58. The molecule has 1 aromatic heterocycles. The number of carbonyl (C=O) groups excluding carboxylic acids is 5. The molecule has 0 saturated carbocycles. The molecule has 0 aliphatic carbocycles. The second kappa shape index (κ2) is 13.4. The Bertz CT molecular complexity index is 1240. The van der Waals surface area contributed by atoms with E-state index in [1.54, 1.807) is 12.3 Å². The summed E-state index contributed by atoms with van der Waals surface area (Å²) in [4.78, 5) is 72.5. The van der Waals surface area contributed by atoms with Gasteiger partial charge in [0.25, 0.3) is 5.91 Å². The van der Waals surface area contributed by atoms with Crippen molar-refractivity contribution in [2.75, 3.05) is 26.2 Å². The number of benzene rings is 1. The third-order valence-electron chi connectivity index (χ3n) is 7.72. The van der Waals surface area contributed by atoms with E-state index in [1.165, 1.54) is 16.0 Å². The van der Waals surface area contributed by atoms with Crippen molar-refractivity contribution in [1.82, 2.24) is 30.7 Å². The Morgan fingerprint density at radius 3 is 2.51 bits per heavy atom. The van der Waals surface area contributed by atoms with E-state index in [0.717, 1.165) is 5.56 Å². The number of fused-ring (bicyclic) bond motifs is 1. The number of carbonyl (C=O) groups is 5. The maximum Gasteiger partial charge on any atom is 0.255 e. The van der Waals surface area contributed by atoms with E-state index in [0.29, 0.717) is 12.0 Å². The standard InChI is InChI=1S/C29H38N6O6/c1-3-18(2)25-29(41)35-16-21(36)14-23(35)27(39)32-22(13-19-7-5-4-6-8-19)26(38)31-11-12-34(17-24(37)33-25)28(40)20-9-10-30-15-20/h4-10,15,18,21-23,25,30,36H,3,11-14,16-17H2,1-2H3,(H,31,38)(H,32,39)(H,33,37)/t18-,21+,22-,23-,25-/m0/s1. The largest absolute Gasteiger partial charge is 0.391 e. The lowest BCUT2D eigenvalue weighted by molar-refractivity contribution is -0.143. The van der Waals surface area contributed by atoms with Gasteiger partial charge in [-0.25, -0.2) is 0 Å². The number of H-pyrrole nitrogens is 1. The number of aromatic amines is 1. The molecule has 5 amide bonds. The molecule has 2 aliphatic rings. The van der Waals surface area contributed by atoms with Gasteiger partial charge in [0.2, 0.25) is 23.6 Å². The highest BCUT2D eigenvalue weighted by Gasteiger charge is 2.43. The fourth-order valence-electron chi connectivity index (χ4n) is 5.22. The van der Waals surface area contributed by atoms with E-state index in [1.807, 2.05) is 44.2 Å². The van der Waals surface area contributed by atoms with Crippen LogP contribution < -0.4 is 16.0 Å². The van der Waals surface area contributed by atoms with Gasteiger partial charge in [-0.15, -0.1) is 0 Å². The van der Waals surface area contributed by atoms with Crippen LogP contribution >= 0.6 is 0 Å². The fourth-order valence-corrected chi connectivity index (χ4v) is 5.22. The highest BCUT2D eigenvalue weighted by molar-refractivity contribution is 5.98. The first kappa shape index (κ1) is 29.8. The first-order chi connectivity index (χ1) is 19.7. The Kier molecular flexibility index (Phi) is 9.77.